The van der Waals surface area contributed by atoms with E-state index in [-0.39, 0.29) is 42.0 Å². The van der Waals surface area contributed by atoms with Gasteiger partial charge in [0.05, 0.1) is 12.7 Å². The second-order valence-corrected chi connectivity index (χ2v) is 6.58. The van der Waals surface area contributed by atoms with Crippen LogP contribution >= 0.6 is 0 Å². The molecule has 2 aromatic carbocycles. The van der Waals surface area contributed by atoms with Gasteiger partial charge in [0, 0.05) is 12.0 Å². The van der Waals surface area contributed by atoms with Crippen molar-refractivity contribution in [3.05, 3.63) is 71.8 Å². The van der Waals surface area contributed by atoms with Gasteiger partial charge in [0.1, 0.15) is 11.3 Å². The van der Waals surface area contributed by atoms with E-state index in [4.69, 9.17) is 4.74 Å². The largest absolute Gasteiger partial charge is 0.507 e. The highest BCUT2D eigenvalue weighted by molar-refractivity contribution is 6.00. The first kappa shape index (κ1) is 22.1. The van der Waals surface area contributed by atoms with E-state index in [9.17, 15) is 19.8 Å². The number of hydrogen-bond acceptors (Lipinski definition) is 5. The second kappa shape index (κ2) is 10.4. The molecule has 1 atom stereocenters. The van der Waals surface area contributed by atoms with Crippen LogP contribution in [-0.4, -0.2) is 40.2 Å². The zero-order valence-electron chi connectivity index (χ0n) is 15.9. The Labute approximate surface area is 169 Å². The third-order valence-corrected chi connectivity index (χ3v) is 4.46. The number of fused-ring (bicyclic) bond motifs is 1. The predicted octanol–water partition coefficient (Wildman–Crippen LogP) is 3.07. The Bertz CT molecular complexity index is 914. The van der Waals surface area contributed by atoms with Crippen molar-refractivity contribution in [2.75, 3.05) is 6.61 Å². The molecule has 0 bridgehead atoms. The zero-order chi connectivity index (χ0) is 19.9. The molecule has 1 heterocycles. The third-order valence-electron chi connectivity index (χ3n) is 4.46. The van der Waals surface area contributed by atoms with Crippen molar-refractivity contribution in [1.82, 2.24) is 0 Å². The maximum Gasteiger partial charge on any atom is 0.342 e. The van der Waals surface area contributed by atoms with Crippen LogP contribution in [0.1, 0.15) is 35.2 Å². The summed E-state index contributed by atoms with van der Waals surface area (Å²) < 4.78 is 5.30. The summed E-state index contributed by atoms with van der Waals surface area (Å²) >= 11 is 0. The highest BCUT2D eigenvalue weighted by Crippen LogP contribution is 2.33. The van der Waals surface area contributed by atoms with Crippen LogP contribution in [0.5, 0.6) is 5.75 Å². The SMILES string of the molecule is O.O=C1/C=C\CCOC(=O)c2c(O)ccc(-c3ccccc3)c2/C=C/C[C@H](O)C1. The minimum Gasteiger partial charge on any atom is -0.507 e. The quantitative estimate of drug-likeness (QED) is 0.719. The molecule has 0 fully saturated rings. The van der Waals surface area contributed by atoms with E-state index in [1.165, 1.54) is 12.1 Å². The Kier molecular flexibility index (Phi) is 7.88. The fraction of sp³-hybridized carbons (Fsp3) is 0.217. The van der Waals surface area contributed by atoms with Crippen molar-refractivity contribution in [3.63, 3.8) is 0 Å². The topological polar surface area (TPSA) is 115 Å². The van der Waals surface area contributed by atoms with Crippen LogP contribution in [0, 0.1) is 0 Å². The highest BCUT2D eigenvalue weighted by atomic mass is 16.5. The number of phenols is 1. The molecule has 0 aliphatic carbocycles. The number of carbonyl (C=O) groups excluding carboxylic acids is 2. The Morgan fingerprint density at radius 2 is 1.72 bits per heavy atom. The maximum absolute atomic E-state index is 12.7. The van der Waals surface area contributed by atoms with E-state index in [1.54, 1.807) is 24.3 Å². The van der Waals surface area contributed by atoms with Crippen LogP contribution in [0.4, 0.5) is 0 Å². The molecule has 0 unspecified atom stereocenters. The summed E-state index contributed by atoms with van der Waals surface area (Å²) in [5.41, 5.74) is 2.25. The van der Waals surface area contributed by atoms with Gasteiger partial charge in [0.2, 0.25) is 0 Å². The molecule has 0 spiro atoms. The molecular formula is C23H24O6. The molecule has 6 heteroatoms. The number of ketones is 1. The van der Waals surface area contributed by atoms with Crippen LogP contribution in [0.15, 0.2) is 60.7 Å². The number of benzene rings is 2. The molecule has 3 rings (SSSR count). The van der Waals surface area contributed by atoms with Gasteiger partial charge in [-0.1, -0.05) is 54.6 Å². The number of ether oxygens (including phenoxy) is 1. The molecule has 0 amide bonds. The van der Waals surface area contributed by atoms with E-state index in [1.807, 2.05) is 30.3 Å². The number of aromatic hydroxyl groups is 1. The number of phenolic OH excluding ortho intramolecular Hbond substituents is 1. The molecule has 152 valence electrons. The number of cyclic esters (lactones) is 1. The second-order valence-electron chi connectivity index (χ2n) is 6.58. The lowest BCUT2D eigenvalue weighted by Gasteiger charge is -2.14. The Morgan fingerprint density at radius 3 is 2.48 bits per heavy atom. The smallest absolute Gasteiger partial charge is 0.342 e. The molecule has 0 saturated heterocycles. The number of carbonyl (C=O) groups is 2. The van der Waals surface area contributed by atoms with Gasteiger partial charge in [0.25, 0.3) is 0 Å². The first-order chi connectivity index (χ1) is 13.6. The van der Waals surface area contributed by atoms with E-state index >= 15 is 0 Å². The number of aliphatic hydroxyl groups is 1. The standard InChI is InChI=1S/C23H22O5.H2O/c24-17-9-4-5-14-28-23(27)22-20(11-6-10-18(25)15-17)19(12-13-21(22)26)16-7-2-1-3-8-16;/h1-4,6-9,11-13,18,25-26H,5,10,14-15H2;1H2/b9-4-,11-6+;/t18-;/m0./s1. The van der Waals surface area contributed by atoms with Gasteiger partial charge >= 0.3 is 5.97 Å². The van der Waals surface area contributed by atoms with Gasteiger partial charge < -0.3 is 20.4 Å². The summed E-state index contributed by atoms with van der Waals surface area (Å²) in [6.45, 7) is 0.0866. The summed E-state index contributed by atoms with van der Waals surface area (Å²) in [4.78, 5) is 24.4. The summed E-state index contributed by atoms with van der Waals surface area (Å²) in [6.07, 6.45) is 6.23. The first-order valence-corrected chi connectivity index (χ1v) is 9.18. The minimum absolute atomic E-state index is 0. The van der Waals surface area contributed by atoms with E-state index in [2.05, 4.69) is 0 Å². The van der Waals surface area contributed by atoms with Crippen molar-refractivity contribution >= 4 is 17.8 Å². The number of hydrogen-bond donors (Lipinski definition) is 2. The van der Waals surface area contributed by atoms with Crippen molar-refractivity contribution < 1.29 is 30.0 Å². The number of esters is 1. The zero-order valence-corrected chi connectivity index (χ0v) is 15.9. The summed E-state index contributed by atoms with van der Waals surface area (Å²) in [5, 5.41) is 20.4. The van der Waals surface area contributed by atoms with Crippen molar-refractivity contribution in [1.29, 1.82) is 0 Å². The molecule has 0 radical (unpaired) electrons. The maximum atomic E-state index is 12.7. The molecule has 6 nitrogen and oxygen atoms in total. The predicted molar refractivity (Wildman–Crippen MR) is 110 cm³/mol. The molecule has 0 saturated carbocycles. The fourth-order valence-electron chi connectivity index (χ4n) is 3.10. The van der Waals surface area contributed by atoms with Crippen LogP contribution in [0.3, 0.4) is 0 Å². The van der Waals surface area contributed by atoms with Crippen molar-refractivity contribution in [2.24, 2.45) is 0 Å². The van der Waals surface area contributed by atoms with E-state index < -0.39 is 12.1 Å². The molecule has 1 aliphatic heterocycles. The summed E-state index contributed by atoms with van der Waals surface area (Å²) in [6, 6.07) is 12.7. The average Bonchev–Trinajstić information content (AvgIpc) is 2.68. The van der Waals surface area contributed by atoms with Crippen LogP contribution in [-0.2, 0) is 9.53 Å². The van der Waals surface area contributed by atoms with Crippen LogP contribution in [0.25, 0.3) is 17.2 Å². The van der Waals surface area contributed by atoms with Gasteiger partial charge in [0.15, 0.2) is 5.78 Å². The Balaban J connectivity index is 0.00000300. The lowest BCUT2D eigenvalue weighted by molar-refractivity contribution is -0.116. The average molecular weight is 396 g/mol. The van der Waals surface area contributed by atoms with Gasteiger partial charge in [-0.3, -0.25) is 4.79 Å². The first-order valence-electron chi connectivity index (χ1n) is 9.18. The van der Waals surface area contributed by atoms with Gasteiger partial charge in [-0.2, -0.15) is 0 Å². The monoisotopic (exact) mass is 396 g/mol. The normalized spacial score (nSPS) is 19.8. The molecule has 4 N–H and O–H groups in total. The summed E-state index contributed by atoms with van der Waals surface area (Å²) in [7, 11) is 0. The highest BCUT2D eigenvalue weighted by Gasteiger charge is 2.20. The summed E-state index contributed by atoms with van der Waals surface area (Å²) in [5.74, 6) is -0.970. The molecule has 2 aromatic rings. The molecule has 0 aromatic heterocycles. The number of rotatable bonds is 1. The molecular weight excluding hydrogens is 372 g/mol. The lowest BCUT2D eigenvalue weighted by Crippen LogP contribution is -2.12. The van der Waals surface area contributed by atoms with Gasteiger partial charge in [-0.15, -0.1) is 0 Å². The van der Waals surface area contributed by atoms with Crippen LogP contribution < -0.4 is 0 Å². The van der Waals surface area contributed by atoms with Gasteiger partial charge in [-0.25, -0.2) is 4.79 Å². The fourth-order valence-corrected chi connectivity index (χ4v) is 3.10. The molecule has 29 heavy (non-hydrogen) atoms. The minimum atomic E-state index is -0.816. The van der Waals surface area contributed by atoms with E-state index in [0.717, 1.165) is 11.1 Å². The number of aliphatic hydroxyl groups excluding tert-OH is 1. The Morgan fingerprint density at radius 1 is 0.966 bits per heavy atom. The van der Waals surface area contributed by atoms with Crippen molar-refractivity contribution in [2.45, 2.75) is 25.4 Å². The lowest BCUT2D eigenvalue weighted by atomic mass is 9.93. The number of allylic oxidation sites excluding steroid dienone is 1. The van der Waals surface area contributed by atoms with Crippen molar-refractivity contribution in [3.8, 4) is 16.9 Å². The van der Waals surface area contributed by atoms with Gasteiger partial charge in [-0.05, 0) is 36.1 Å². The Hall–Kier alpha value is -3.22. The third kappa shape index (κ3) is 5.63. The van der Waals surface area contributed by atoms with E-state index in [0.29, 0.717) is 12.0 Å². The van der Waals surface area contributed by atoms with Crippen LogP contribution in [0.2, 0.25) is 0 Å². The molecule has 1 aliphatic rings.